The molecule has 64 valence electrons. The van der Waals surface area contributed by atoms with Crippen molar-refractivity contribution in [3.63, 3.8) is 0 Å². The summed E-state index contributed by atoms with van der Waals surface area (Å²) in [4.78, 5) is 11.1. The Kier molecular flexibility index (Phi) is 1.58. The first-order chi connectivity index (χ1) is 5.83. The number of carbonyl (C=O) groups is 1. The second-order valence-electron chi connectivity index (χ2n) is 2.65. The van der Waals surface area contributed by atoms with E-state index >= 15 is 0 Å². The molecule has 0 saturated carbocycles. The molecular formula is C7H9N3O2. The lowest BCUT2D eigenvalue weighted by Crippen LogP contribution is -2.23. The molecule has 1 unspecified atom stereocenters. The van der Waals surface area contributed by atoms with E-state index in [0.717, 1.165) is 11.3 Å². The van der Waals surface area contributed by atoms with Crippen molar-refractivity contribution >= 4 is 5.97 Å². The third kappa shape index (κ3) is 0.902. The summed E-state index contributed by atoms with van der Waals surface area (Å²) in [7, 11) is 1.37. The molecule has 1 aliphatic heterocycles. The molecule has 0 aliphatic carbocycles. The number of esters is 1. The molecule has 1 aromatic rings. The zero-order chi connectivity index (χ0) is 8.55. The molecular weight excluding hydrogens is 158 g/mol. The fourth-order valence-corrected chi connectivity index (χ4v) is 1.35. The number of hydrogen-bond acceptors (Lipinski definition) is 4. The van der Waals surface area contributed by atoms with E-state index < -0.39 is 0 Å². The van der Waals surface area contributed by atoms with Crippen LogP contribution >= 0.6 is 0 Å². The molecule has 1 aliphatic rings. The quantitative estimate of drug-likeness (QED) is 0.565. The lowest BCUT2D eigenvalue weighted by atomic mass is 10.2. The Balaban J connectivity index is 2.28. The first-order valence-corrected chi connectivity index (χ1v) is 3.66. The van der Waals surface area contributed by atoms with Gasteiger partial charge in [0, 0.05) is 12.1 Å². The van der Waals surface area contributed by atoms with Crippen LogP contribution in [-0.2, 0) is 16.1 Å². The van der Waals surface area contributed by atoms with Crippen LogP contribution in [-0.4, -0.2) is 23.3 Å². The molecule has 2 heterocycles. The highest BCUT2D eigenvalue weighted by Crippen LogP contribution is 2.22. The van der Waals surface area contributed by atoms with Gasteiger partial charge in [-0.2, -0.15) is 5.10 Å². The van der Waals surface area contributed by atoms with E-state index in [1.807, 2.05) is 0 Å². The van der Waals surface area contributed by atoms with Crippen LogP contribution in [0.1, 0.15) is 17.3 Å². The van der Waals surface area contributed by atoms with Crippen LogP contribution in [0.3, 0.4) is 0 Å². The van der Waals surface area contributed by atoms with Crippen LogP contribution in [0.15, 0.2) is 6.20 Å². The second-order valence-corrected chi connectivity index (χ2v) is 2.65. The minimum absolute atomic E-state index is 0.280. The summed E-state index contributed by atoms with van der Waals surface area (Å²) in [5.41, 5.74) is 1.85. The lowest BCUT2D eigenvalue weighted by molar-refractivity contribution is -0.143. The van der Waals surface area contributed by atoms with Crippen molar-refractivity contribution in [3.8, 4) is 0 Å². The maximum absolute atomic E-state index is 11.1. The van der Waals surface area contributed by atoms with Crippen molar-refractivity contribution in [2.75, 3.05) is 7.11 Å². The van der Waals surface area contributed by atoms with Crippen molar-refractivity contribution in [1.29, 1.82) is 0 Å². The molecule has 0 fully saturated rings. The third-order valence-corrected chi connectivity index (χ3v) is 1.97. The molecule has 0 saturated heterocycles. The number of aromatic amines is 1. The Morgan fingerprint density at radius 2 is 2.67 bits per heavy atom. The van der Waals surface area contributed by atoms with Gasteiger partial charge in [0.25, 0.3) is 0 Å². The normalized spacial score (nSPS) is 20.6. The molecule has 5 nitrogen and oxygen atoms in total. The SMILES string of the molecule is COC(=O)C1NCc2cn[nH]c21. The highest BCUT2D eigenvalue weighted by Gasteiger charge is 2.30. The molecule has 0 spiro atoms. The molecule has 1 aromatic heterocycles. The monoisotopic (exact) mass is 167 g/mol. The summed E-state index contributed by atoms with van der Waals surface area (Å²) in [5.74, 6) is -0.280. The zero-order valence-electron chi connectivity index (χ0n) is 6.63. The number of methoxy groups -OCH3 is 1. The van der Waals surface area contributed by atoms with Crippen LogP contribution in [0.25, 0.3) is 0 Å². The molecule has 2 N–H and O–H groups in total. The Morgan fingerprint density at radius 1 is 1.83 bits per heavy atom. The van der Waals surface area contributed by atoms with E-state index in [4.69, 9.17) is 0 Å². The maximum atomic E-state index is 11.1. The van der Waals surface area contributed by atoms with E-state index in [-0.39, 0.29) is 12.0 Å². The van der Waals surface area contributed by atoms with Gasteiger partial charge < -0.3 is 4.74 Å². The van der Waals surface area contributed by atoms with Gasteiger partial charge in [0.2, 0.25) is 0 Å². The van der Waals surface area contributed by atoms with Gasteiger partial charge in [-0.05, 0) is 0 Å². The van der Waals surface area contributed by atoms with Crippen molar-refractivity contribution < 1.29 is 9.53 Å². The van der Waals surface area contributed by atoms with Gasteiger partial charge in [0.05, 0.1) is 19.0 Å². The zero-order valence-corrected chi connectivity index (χ0v) is 6.63. The number of nitrogens with zero attached hydrogens (tertiary/aromatic N) is 1. The van der Waals surface area contributed by atoms with E-state index in [9.17, 15) is 4.79 Å². The fourth-order valence-electron chi connectivity index (χ4n) is 1.35. The van der Waals surface area contributed by atoms with Crippen molar-refractivity contribution in [1.82, 2.24) is 15.5 Å². The van der Waals surface area contributed by atoms with Crippen LogP contribution in [0.5, 0.6) is 0 Å². The van der Waals surface area contributed by atoms with Crippen molar-refractivity contribution in [2.24, 2.45) is 0 Å². The molecule has 12 heavy (non-hydrogen) atoms. The number of carbonyl (C=O) groups excluding carboxylic acids is 1. The number of hydrogen-bond donors (Lipinski definition) is 2. The van der Waals surface area contributed by atoms with Gasteiger partial charge >= 0.3 is 5.97 Å². The molecule has 2 rings (SSSR count). The number of nitrogens with one attached hydrogen (secondary N) is 2. The van der Waals surface area contributed by atoms with Crippen molar-refractivity contribution in [2.45, 2.75) is 12.6 Å². The van der Waals surface area contributed by atoms with Gasteiger partial charge in [-0.3, -0.25) is 10.4 Å². The average molecular weight is 167 g/mol. The first-order valence-electron chi connectivity index (χ1n) is 3.66. The molecule has 0 bridgehead atoms. The summed E-state index contributed by atoms with van der Waals surface area (Å²) >= 11 is 0. The highest BCUT2D eigenvalue weighted by atomic mass is 16.5. The molecule has 5 heteroatoms. The predicted octanol–water partition coefficient (Wildman–Crippen LogP) is -0.273. The Bertz CT molecular complexity index is 307. The van der Waals surface area contributed by atoms with Gasteiger partial charge in [0.1, 0.15) is 6.04 Å². The van der Waals surface area contributed by atoms with Crippen LogP contribution < -0.4 is 5.32 Å². The van der Waals surface area contributed by atoms with Gasteiger partial charge in [-0.25, -0.2) is 4.79 Å². The number of rotatable bonds is 1. The second kappa shape index (κ2) is 2.60. The Hall–Kier alpha value is -1.36. The standard InChI is InChI=1S/C7H9N3O2/c1-12-7(11)6-5-4(2-8-6)3-9-10-5/h3,6,8H,2H2,1H3,(H,9,10). The van der Waals surface area contributed by atoms with E-state index in [2.05, 4.69) is 20.3 Å². The Morgan fingerprint density at radius 3 is 3.42 bits per heavy atom. The minimum Gasteiger partial charge on any atom is -0.468 e. The van der Waals surface area contributed by atoms with Crippen molar-refractivity contribution in [3.05, 3.63) is 17.5 Å². The Labute approximate surface area is 69.1 Å². The number of H-pyrrole nitrogens is 1. The van der Waals surface area contributed by atoms with Crippen LogP contribution in [0.2, 0.25) is 0 Å². The van der Waals surface area contributed by atoms with Crippen LogP contribution in [0.4, 0.5) is 0 Å². The van der Waals surface area contributed by atoms with E-state index in [1.165, 1.54) is 7.11 Å². The molecule has 0 aromatic carbocycles. The predicted molar refractivity (Wildman–Crippen MR) is 40.2 cm³/mol. The van der Waals surface area contributed by atoms with E-state index in [1.54, 1.807) is 6.20 Å². The topological polar surface area (TPSA) is 67.0 Å². The lowest BCUT2D eigenvalue weighted by Gasteiger charge is -2.06. The third-order valence-electron chi connectivity index (χ3n) is 1.97. The molecule has 0 amide bonds. The highest BCUT2D eigenvalue weighted by molar-refractivity contribution is 5.78. The first kappa shape index (κ1) is 7.30. The molecule has 0 radical (unpaired) electrons. The van der Waals surface area contributed by atoms with Gasteiger partial charge in [0.15, 0.2) is 0 Å². The summed E-state index contributed by atoms with van der Waals surface area (Å²) in [6.45, 7) is 0.672. The maximum Gasteiger partial charge on any atom is 0.329 e. The summed E-state index contributed by atoms with van der Waals surface area (Å²) in [6.07, 6.45) is 1.71. The van der Waals surface area contributed by atoms with Gasteiger partial charge in [-0.1, -0.05) is 0 Å². The summed E-state index contributed by atoms with van der Waals surface area (Å²) in [6, 6.07) is -0.368. The van der Waals surface area contributed by atoms with Gasteiger partial charge in [-0.15, -0.1) is 0 Å². The van der Waals surface area contributed by atoms with Crippen LogP contribution in [0, 0.1) is 0 Å². The number of fused-ring (bicyclic) bond motifs is 1. The summed E-state index contributed by atoms with van der Waals surface area (Å²) < 4.78 is 4.61. The number of aromatic nitrogens is 2. The van der Waals surface area contributed by atoms with E-state index in [0.29, 0.717) is 6.54 Å². The fraction of sp³-hybridized carbons (Fsp3) is 0.429. The smallest absolute Gasteiger partial charge is 0.329 e. The minimum atomic E-state index is -0.368. The largest absolute Gasteiger partial charge is 0.468 e. The summed E-state index contributed by atoms with van der Waals surface area (Å²) in [5, 5.41) is 9.61. The number of ether oxygens (including phenoxy) is 1. The average Bonchev–Trinajstić information content (AvgIpc) is 2.62. The molecule has 1 atom stereocenters.